The van der Waals surface area contributed by atoms with E-state index in [1.54, 1.807) is 4.90 Å². The van der Waals surface area contributed by atoms with Crippen LogP contribution in [0.15, 0.2) is 24.3 Å². The quantitative estimate of drug-likeness (QED) is 0.917. The minimum atomic E-state index is -0.0392. The van der Waals surface area contributed by atoms with E-state index in [9.17, 15) is 4.79 Å². The maximum absolute atomic E-state index is 12.1. The Bertz CT molecular complexity index is 442. The third-order valence-electron chi connectivity index (χ3n) is 3.83. The molecule has 1 N–H and O–H groups in total. The number of carbonyl (C=O) groups excluding carboxylic acids is 1. The van der Waals surface area contributed by atoms with Crippen LogP contribution in [-0.4, -0.2) is 37.7 Å². The first-order valence-corrected chi connectivity index (χ1v) is 7.31. The molecule has 4 nitrogen and oxygen atoms in total. The van der Waals surface area contributed by atoms with Gasteiger partial charge in [-0.3, -0.25) is 0 Å². The molecule has 2 rings (SSSR count). The molecule has 110 valence electrons. The fraction of sp³-hybridized carbons (Fsp3) is 0.562. The van der Waals surface area contributed by atoms with Crippen molar-refractivity contribution in [3.8, 4) is 0 Å². The van der Waals surface area contributed by atoms with E-state index in [2.05, 4.69) is 5.32 Å². The van der Waals surface area contributed by atoms with Gasteiger partial charge in [0.2, 0.25) is 0 Å². The highest BCUT2D eigenvalue weighted by Crippen LogP contribution is 2.18. The summed E-state index contributed by atoms with van der Waals surface area (Å²) in [5.41, 5.74) is 2.00. The van der Waals surface area contributed by atoms with Gasteiger partial charge in [-0.2, -0.15) is 0 Å². The summed E-state index contributed by atoms with van der Waals surface area (Å²) < 4.78 is 5.35. The molecule has 1 heterocycles. The molecule has 1 aromatic rings. The Kier molecular flexibility index (Phi) is 5.41. The number of carbonyl (C=O) groups is 1. The molecule has 0 aliphatic carbocycles. The second-order valence-corrected chi connectivity index (χ2v) is 5.57. The molecule has 1 saturated heterocycles. The van der Waals surface area contributed by atoms with Gasteiger partial charge in [0.15, 0.2) is 0 Å². The summed E-state index contributed by atoms with van der Waals surface area (Å²) in [6.45, 7) is 4.54. The zero-order valence-electron chi connectivity index (χ0n) is 12.4. The lowest BCUT2D eigenvalue weighted by atomic mass is 9.96. The van der Waals surface area contributed by atoms with E-state index < -0.39 is 0 Å². The van der Waals surface area contributed by atoms with Crippen LogP contribution in [0.1, 0.15) is 24.8 Å². The fourth-order valence-electron chi connectivity index (χ4n) is 2.45. The van der Waals surface area contributed by atoms with Crippen molar-refractivity contribution in [2.45, 2.75) is 26.2 Å². The molecule has 0 atom stereocenters. The number of hydrogen-bond acceptors (Lipinski definition) is 2. The molecule has 0 spiro atoms. The molecular formula is C16H24N2O2. The maximum Gasteiger partial charge on any atom is 0.321 e. The summed E-state index contributed by atoms with van der Waals surface area (Å²) in [7, 11) is 1.85. The Morgan fingerprint density at radius 1 is 1.40 bits per heavy atom. The number of hydrogen-bond donors (Lipinski definition) is 1. The van der Waals surface area contributed by atoms with Crippen molar-refractivity contribution in [2.24, 2.45) is 5.92 Å². The van der Waals surface area contributed by atoms with Crippen LogP contribution in [0, 0.1) is 12.8 Å². The Balaban J connectivity index is 1.76. The first-order chi connectivity index (χ1) is 9.65. The molecule has 1 aromatic carbocycles. The lowest BCUT2D eigenvalue weighted by molar-refractivity contribution is 0.0621. The van der Waals surface area contributed by atoms with Gasteiger partial charge in [-0.15, -0.1) is 0 Å². The van der Waals surface area contributed by atoms with Crippen molar-refractivity contribution < 1.29 is 9.53 Å². The maximum atomic E-state index is 12.1. The van der Waals surface area contributed by atoms with E-state index in [0.29, 0.717) is 5.92 Å². The van der Waals surface area contributed by atoms with E-state index in [4.69, 9.17) is 4.74 Å². The fourth-order valence-corrected chi connectivity index (χ4v) is 2.45. The van der Waals surface area contributed by atoms with Gasteiger partial charge >= 0.3 is 6.03 Å². The summed E-state index contributed by atoms with van der Waals surface area (Å²) in [6.07, 6.45) is 3.29. The molecule has 1 aliphatic heterocycles. The highest BCUT2D eigenvalue weighted by molar-refractivity contribution is 5.89. The van der Waals surface area contributed by atoms with Gasteiger partial charge in [-0.25, -0.2) is 4.79 Å². The number of rotatable bonds is 4. The van der Waals surface area contributed by atoms with Gasteiger partial charge in [0.05, 0.1) is 0 Å². The van der Waals surface area contributed by atoms with Crippen LogP contribution in [0.3, 0.4) is 0 Å². The van der Waals surface area contributed by atoms with Crippen molar-refractivity contribution in [3.63, 3.8) is 0 Å². The Labute approximate surface area is 121 Å². The van der Waals surface area contributed by atoms with Crippen LogP contribution in [0.5, 0.6) is 0 Å². The number of ether oxygens (including phenoxy) is 1. The zero-order chi connectivity index (χ0) is 14.4. The first kappa shape index (κ1) is 14.9. The number of anilines is 1. The Morgan fingerprint density at radius 3 is 2.85 bits per heavy atom. The van der Waals surface area contributed by atoms with Crippen molar-refractivity contribution in [1.29, 1.82) is 0 Å². The van der Waals surface area contributed by atoms with E-state index in [1.165, 1.54) is 0 Å². The third kappa shape index (κ3) is 4.53. The Morgan fingerprint density at radius 2 is 2.15 bits per heavy atom. The minimum absolute atomic E-state index is 0.0392. The van der Waals surface area contributed by atoms with E-state index in [0.717, 1.165) is 50.3 Å². The summed E-state index contributed by atoms with van der Waals surface area (Å²) in [6, 6.07) is 7.82. The molecule has 0 bridgehead atoms. The molecule has 0 saturated carbocycles. The molecule has 0 unspecified atom stereocenters. The summed E-state index contributed by atoms with van der Waals surface area (Å²) in [5.74, 6) is 0.693. The van der Waals surface area contributed by atoms with Gasteiger partial charge < -0.3 is 15.0 Å². The average molecular weight is 276 g/mol. The summed E-state index contributed by atoms with van der Waals surface area (Å²) in [5, 5.41) is 2.93. The third-order valence-corrected chi connectivity index (χ3v) is 3.83. The van der Waals surface area contributed by atoms with Gasteiger partial charge in [0.1, 0.15) is 0 Å². The SMILES string of the molecule is Cc1cccc(NC(=O)N(C)CCC2CCOCC2)c1. The van der Waals surface area contributed by atoms with Crippen LogP contribution >= 0.6 is 0 Å². The van der Waals surface area contributed by atoms with Crippen molar-refractivity contribution in [2.75, 3.05) is 32.1 Å². The molecule has 0 radical (unpaired) electrons. The molecule has 1 aliphatic rings. The number of benzene rings is 1. The largest absolute Gasteiger partial charge is 0.381 e. The van der Waals surface area contributed by atoms with Crippen LogP contribution in [0.25, 0.3) is 0 Å². The van der Waals surface area contributed by atoms with E-state index in [-0.39, 0.29) is 6.03 Å². The second kappa shape index (κ2) is 7.29. The standard InChI is InChI=1S/C16H24N2O2/c1-13-4-3-5-15(12-13)17-16(19)18(2)9-6-14-7-10-20-11-8-14/h3-5,12,14H,6-11H2,1-2H3,(H,17,19). The van der Waals surface area contributed by atoms with E-state index in [1.807, 2.05) is 38.2 Å². The number of amides is 2. The molecule has 2 amide bonds. The van der Waals surface area contributed by atoms with Crippen LogP contribution in [-0.2, 0) is 4.74 Å². The lowest BCUT2D eigenvalue weighted by Crippen LogP contribution is -2.33. The topological polar surface area (TPSA) is 41.6 Å². The van der Waals surface area contributed by atoms with E-state index >= 15 is 0 Å². The smallest absolute Gasteiger partial charge is 0.321 e. The molecule has 0 aromatic heterocycles. The van der Waals surface area contributed by atoms with Crippen molar-refractivity contribution in [1.82, 2.24) is 4.90 Å². The minimum Gasteiger partial charge on any atom is -0.381 e. The van der Waals surface area contributed by atoms with Crippen molar-refractivity contribution in [3.05, 3.63) is 29.8 Å². The number of nitrogens with zero attached hydrogens (tertiary/aromatic N) is 1. The predicted molar refractivity (Wildman–Crippen MR) is 81.0 cm³/mol. The van der Waals surface area contributed by atoms with Gasteiger partial charge in [-0.1, -0.05) is 12.1 Å². The normalized spacial score (nSPS) is 15.9. The van der Waals surface area contributed by atoms with Gasteiger partial charge in [0.25, 0.3) is 0 Å². The highest BCUT2D eigenvalue weighted by atomic mass is 16.5. The van der Waals surface area contributed by atoms with Crippen LogP contribution < -0.4 is 5.32 Å². The van der Waals surface area contributed by atoms with Crippen LogP contribution in [0.2, 0.25) is 0 Å². The lowest BCUT2D eigenvalue weighted by Gasteiger charge is -2.25. The highest BCUT2D eigenvalue weighted by Gasteiger charge is 2.16. The number of nitrogens with one attached hydrogen (secondary N) is 1. The van der Waals surface area contributed by atoms with Gasteiger partial charge in [-0.05, 0) is 49.8 Å². The Hall–Kier alpha value is -1.55. The first-order valence-electron chi connectivity index (χ1n) is 7.31. The summed E-state index contributed by atoms with van der Waals surface area (Å²) >= 11 is 0. The molecular weight excluding hydrogens is 252 g/mol. The predicted octanol–water partition coefficient (Wildman–Crippen LogP) is 3.28. The van der Waals surface area contributed by atoms with Gasteiger partial charge in [0, 0.05) is 32.5 Å². The van der Waals surface area contributed by atoms with Crippen molar-refractivity contribution >= 4 is 11.7 Å². The molecule has 1 fully saturated rings. The number of urea groups is 1. The summed E-state index contributed by atoms with van der Waals surface area (Å²) in [4.78, 5) is 13.8. The zero-order valence-corrected chi connectivity index (χ0v) is 12.4. The average Bonchev–Trinajstić information content (AvgIpc) is 2.46. The molecule has 20 heavy (non-hydrogen) atoms. The second-order valence-electron chi connectivity index (χ2n) is 5.57. The monoisotopic (exact) mass is 276 g/mol. The molecule has 4 heteroatoms. The number of aryl methyl sites for hydroxylation is 1. The van der Waals surface area contributed by atoms with Crippen LogP contribution in [0.4, 0.5) is 10.5 Å².